The zero-order valence-electron chi connectivity index (χ0n) is 10.2. The lowest BCUT2D eigenvalue weighted by atomic mass is 9.77. The average molecular weight is 233 g/mol. The molecule has 0 radical (unpaired) electrons. The van der Waals surface area contributed by atoms with E-state index in [1.165, 1.54) is 0 Å². The molecule has 17 heavy (non-hydrogen) atoms. The van der Waals surface area contributed by atoms with Crippen LogP contribution < -0.4 is 5.73 Å². The molecule has 3 unspecified atom stereocenters. The molecule has 3 heterocycles. The Hall–Kier alpha value is -1.13. The number of pyridine rings is 1. The lowest BCUT2D eigenvalue weighted by Crippen LogP contribution is -2.44. The molecule has 3 N–H and O–H groups in total. The molecule has 2 aliphatic heterocycles. The molecule has 2 saturated heterocycles. The Morgan fingerprint density at radius 1 is 1.53 bits per heavy atom. The van der Waals surface area contributed by atoms with Crippen LogP contribution in [0.2, 0.25) is 0 Å². The SMILES string of the molecule is Cc1cnc(N)c(C2(O)CCN3CCC2C3)c1. The van der Waals surface area contributed by atoms with Crippen molar-refractivity contribution < 1.29 is 5.11 Å². The zero-order chi connectivity index (χ0) is 12.0. The van der Waals surface area contributed by atoms with E-state index in [9.17, 15) is 5.11 Å². The number of rotatable bonds is 1. The highest BCUT2D eigenvalue weighted by molar-refractivity contribution is 5.45. The van der Waals surface area contributed by atoms with Crippen LogP contribution in [0.15, 0.2) is 12.3 Å². The average Bonchev–Trinajstić information content (AvgIpc) is 2.73. The van der Waals surface area contributed by atoms with E-state index in [1.807, 2.05) is 13.0 Å². The number of aryl methyl sites for hydroxylation is 1. The third-order valence-electron chi connectivity index (χ3n) is 4.28. The van der Waals surface area contributed by atoms with Crippen molar-refractivity contribution in [3.05, 3.63) is 23.4 Å². The van der Waals surface area contributed by atoms with Gasteiger partial charge in [-0.05, 0) is 37.9 Å². The molecule has 2 fully saturated rings. The standard InChI is InChI=1S/C13H19N3O/c1-9-6-11(12(14)15-7-9)13(17)3-5-16-4-2-10(13)8-16/h6-7,10,17H,2-5,8H2,1H3,(H2,14,15). The van der Waals surface area contributed by atoms with Gasteiger partial charge in [-0.25, -0.2) is 4.98 Å². The Labute approximate surface area is 101 Å². The van der Waals surface area contributed by atoms with Crippen LogP contribution in [0, 0.1) is 12.8 Å². The van der Waals surface area contributed by atoms with Crippen LogP contribution in [0.1, 0.15) is 24.0 Å². The number of anilines is 1. The van der Waals surface area contributed by atoms with Gasteiger partial charge in [0.25, 0.3) is 0 Å². The quantitative estimate of drug-likeness (QED) is 0.756. The first-order chi connectivity index (χ1) is 8.09. The first-order valence-corrected chi connectivity index (χ1v) is 6.27. The largest absolute Gasteiger partial charge is 0.385 e. The van der Waals surface area contributed by atoms with E-state index in [-0.39, 0.29) is 0 Å². The minimum absolute atomic E-state index is 0.308. The predicted octanol–water partition coefficient (Wildman–Crippen LogP) is 0.885. The van der Waals surface area contributed by atoms with Crippen molar-refractivity contribution in [2.45, 2.75) is 25.4 Å². The summed E-state index contributed by atoms with van der Waals surface area (Å²) in [5.41, 5.74) is 7.08. The van der Waals surface area contributed by atoms with Crippen LogP contribution in [-0.2, 0) is 5.60 Å². The van der Waals surface area contributed by atoms with Crippen molar-refractivity contribution in [2.24, 2.45) is 5.92 Å². The van der Waals surface area contributed by atoms with Gasteiger partial charge in [-0.1, -0.05) is 0 Å². The summed E-state index contributed by atoms with van der Waals surface area (Å²) < 4.78 is 0. The molecule has 0 aromatic carbocycles. The molecule has 4 nitrogen and oxygen atoms in total. The summed E-state index contributed by atoms with van der Waals surface area (Å²) in [6.45, 7) is 5.04. The van der Waals surface area contributed by atoms with E-state index in [4.69, 9.17) is 5.73 Å². The van der Waals surface area contributed by atoms with Crippen molar-refractivity contribution in [1.82, 2.24) is 9.88 Å². The third-order valence-corrected chi connectivity index (χ3v) is 4.28. The fourth-order valence-electron chi connectivity index (χ4n) is 3.24. The van der Waals surface area contributed by atoms with E-state index in [0.29, 0.717) is 11.7 Å². The van der Waals surface area contributed by atoms with E-state index in [2.05, 4.69) is 9.88 Å². The maximum Gasteiger partial charge on any atom is 0.129 e. The van der Waals surface area contributed by atoms with Gasteiger partial charge in [0, 0.05) is 30.8 Å². The lowest BCUT2D eigenvalue weighted by molar-refractivity contribution is -0.0498. The lowest BCUT2D eigenvalue weighted by Gasteiger charge is -2.39. The van der Waals surface area contributed by atoms with E-state index in [1.54, 1.807) is 6.20 Å². The summed E-state index contributed by atoms with van der Waals surface area (Å²) in [6, 6.07) is 2.00. The molecule has 92 valence electrons. The Morgan fingerprint density at radius 3 is 3.18 bits per heavy atom. The van der Waals surface area contributed by atoms with Crippen LogP contribution >= 0.6 is 0 Å². The van der Waals surface area contributed by atoms with Gasteiger partial charge in [-0.15, -0.1) is 0 Å². The monoisotopic (exact) mass is 233 g/mol. The molecule has 2 aliphatic rings. The molecule has 0 saturated carbocycles. The van der Waals surface area contributed by atoms with Gasteiger partial charge < -0.3 is 15.7 Å². The molecule has 1 aromatic heterocycles. The number of nitrogens with two attached hydrogens (primary N) is 1. The second kappa shape index (κ2) is 3.68. The Morgan fingerprint density at radius 2 is 2.35 bits per heavy atom. The molecule has 3 atom stereocenters. The van der Waals surface area contributed by atoms with Crippen LogP contribution in [0.25, 0.3) is 0 Å². The van der Waals surface area contributed by atoms with Gasteiger partial charge in [0.2, 0.25) is 0 Å². The van der Waals surface area contributed by atoms with Gasteiger partial charge in [0.05, 0.1) is 5.60 Å². The summed E-state index contributed by atoms with van der Waals surface area (Å²) in [5.74, 6) is 0.792. The van der Waals surface area contributed by atoms with Crippen molar-refractivity contribution in [1.29, 1.82) is 0 Å². The smallest absolute Gasteiger partial charge is 0.129 e. The fraction of sp³-hybridized carbons (Fsp3) is 0.615. The Kier molecular flexibility index (Phi) is 2.38. The highest BCUT2D eigenvalue weighted by Gasteiger charge is 2.47. The summed E-state index contributed by atoms with van der Waals surface area (Å²) in [4.78, 5) is 6.60. The maximum atomic E-state index is 11.0. The highest BCUT2D eigenvalue weighted by Crippen LogP contribution is 2.44. The predicted molar refractivity (Wildman–Crippen MR) is 66.4 cm³/mol. The minimum atomic E-state index is -0.768. The Balaban J connectivity index is 2.04. The number of aromatic nitrogens is 1. The molecule has 3 rings (SSSR count). The van der Waals surface area contributed by atoms with Crippen LogP contribution in [0.3, 0.4) is 0 Å². The molecular weight excluding hydrogens is 214 g/mol. The molecule has 1 aromatic rings. The number of nitrogen functional groups attached to an aromatic ring is 1. The molecule has 0 amide bonds. The molecule has 0 aliphatic carbocycles. The molecule has 4 heteroatoms. The van der Waals surface area contributed by atoms with E-state index < -0.39 is 5.60 Å². The van der Waals surface area contributed by atoms with Crippen molar-refractivity contribution >= 4 is 5.82 Å². The fourth-order valence-corrected chi connectivity index (χ4v) is 3.24. The second-order valence-electron chi connectivity index (χ2n) is 5.41. The number of piperidine rings is 1. The van der Waals surface area contributed by atoms with Crippen LogP contribution in [-0.4, -0.2) is 34.6 Å². The van der Waals surface area contributed by atoms with E-state index >= 15 is 0 Å². The first kappa shape index (κ1) is 11.0. The number of hydrogen-bond donors (Lipinski definition) is 2. The summed E-state index contributed by atoms with van der Waals surface area (Å²) >= 11 is 0. The molecule has 0 spiro atoms. The minimum Gasteiger partial charge on any atom is -0.385 e. The Bertz CT molecular complexity index is 448. The maximum absolute atomic E-state index is 11.0. The third kappa shape index (κ3) is 1.63. The topological polar surface area (TPSA) is 62.4 Å². The summed E-state index contributed by atoms with van der Waals surface area (Å²) in [6.07, 6.45) is 3.59. The normalized spacial score (nSPS) is 36.1. The molecule has 2 bridgehead atoms. The highest BCUT2D eigenvalue weighted by atomic mass is 16.3. The van der Waals surface area contributed by atoms with Crippen molar-refractivity contribution in [2.75, 3.05) is 25.4 Å². The number of nitrogens with zero attached hydrogens (tertiary/aromatic N) is 2. The first-order valence-electron chi connectivity index (χ1n) is 6.27. The van der Waals surface area contributed by atoms with Gasteiger partial charge in [-0.3, -0.25) is 0 Å². The van der Waals surface area contributed by atoms with Gasteiger partial charge >= 0.3 is 0 Å². The van der Waals surface area contributed by atoms with Gasteiger partial charge in [0.1, 0.15) is 5.82 Å². The van der Waals surface area contributed by atoms with Crippen LogP contribution in [0.5, 0.6) is 0 Å². The molecular formula is C13H19N3O. The number of hydrogen-bond acceptors (Lipinski definition) is 4. The summed E-state index contributed by atoms with van der Waals surface area (Å²) in [5, 5.41) is 11.0. The zero-order valence-corrected chi connectivity index (χ0v) is 10.2. The number of fused-ring (bicyclic) bond motifs is 2. The van der Waals surface area contributed by atoms with Gasteiger partial charge in [-0.2, -0.15) is 0 Å². The number of aliphatic hydroxyl groups is 1. The van der Waals surface area contributed by atoms with Gasteiger partial charge in [0.15, 0.2) is 0 Å². The summed E-state index contributed by atoms with van der Waals surface area (Å²) in [7, 11) is 0. The van der Waals surface area contributed by atoms with E-state index in [0.717, 1.165) is 43.6 Å². The van der Waals surface area contributed by atoms with Crippen LogP contribution in [0.4, 0.5) is 5.82 Å². The van der Waals surface area contributed by atoms with Crippen molar-refractivity contribution in [3.63, 3.8) is 0 Å². The second-order valence-corrected chi connectivity index (χ2v) is 5.41. The van der Waals surface area contributed by atoms with Crippen molar-refractivity contribution in [3.8, 4) is 0 Å².